The van der Waals surface area contributed by atoms with E-state index in [-0.39, 0.29) is 0 Å². The zero-order valence-corrected chi connectivity index (χ0v) is 23.5. The van der Waals surface area contributed by atoms with E-state index in [4.69, 9.17) is 33.2 Å². The standard InChI is InChI=1S/C24H42O21/c25-1-6-10(28)14(32)17(35)21(41-6)39-3-8-11(29)15(33)18(36)22(42-8)40-4-9-12(30)16(34)19(37)23(43-9)45-24(5-27)20(38)13(31)7(2-26)44-24/h6-23,25-38H,1-5H2/t6-,7-,8-,9-,10+,11+,12-,13-,14+,15+,16+,17-,18-,19-,20+,21-,22-,23+,24?/m1/s1. The van der Waals surface area contributed by atoms with Crippen molar-refractivity contribution < 1.29 is 105 Å². The summed E-state index contributed by atoms with van der Waals surface area (Å²) >= 11 is 0. The molecular weight excluding hydrogens is 624 g/mol. The van der Waals surface area contributed by atoms with Crippen molar-refractivity contribution in [2.24, 2.45) is 0 Å². The molecule has 21 heteroatoms. The van der Waals surface area contributed by atoms with Crippen LogP contribution in [0, 0.1) is 0 Å². The monoisotopic (exact) mass is 666 g/mol. The van der Waals surface area contributed by atoms with E-state index >= 15 is 0 Å². The number of aliphatic hydroxyl groups excluding tert-OH is 14. The Morgan fingerprint density at radius 2 is 0.844 bits per heavy atom. The molecule has 0 spiro atoms. The molecule has 21 nitrogen and oxygen atoms in total. The first-order chi connectivity index (χ1) is 21.2. The maximum atomic E-state index is 10.5. The number of hydrogen-bond acceptors (Lipinski definition) is 21. The smallest absolute Gasteiger partial charge is 0.224 e. The molecule has 0 amide bonds. The van der Waals surface area contributed by atoms with Gasteiger partial charge in [0, 0.05) is 0 Å². The third-order valence-corrected chi connectivity index (χ3v) is 8.26. The third-order valence-electron chi connectivity index (χ3n) is 8.26. The van der Waals surface area contributed by atoms with Crippen molar-refractivity contribution in [3.8, 4) is 0 Å². The highest BCUT2D eigenvalue weighted by Gasteiger charge is 2.58. The molecular formula is C24H42O21. The van der Waals surface area contributed by atoms with Crippen molar-refractivity contribution in [2.75, 3.05) is 33.0 Å². The van der Waals surface area contributed by atoms with Crippen LogP contribution < -0.4 is 0 Å². The minimum atomic E-state index is -2.43. The van der Waals surface area contributed by atoms with Crippen LogP contribution in [0.5, 0.6) is 0 Å². The second-order valence-electron chi connectivity index (χ2n) is 11.3. The van der Waals surface area contributed by atoms with Gasteiger partial charge in [0.25, 0.3) is 0 Å². The van der Waals surface area contributed by atoms with Gasteiger partial charge in [-0.3, -0.25) is 0 Å². The second kappa shape index (κ2) is 15.1. The van der Waals surface area contributed by atoms with Crippen LogP contribution in [0.1, 0.15) is 0 Å². The Morgan fingerprint density at radius 1 is 0.444 bits per heavy atom. The van der Waals surface area contributed by atoms with Crippen molar-refractivity contribution in [2.45, 2.75) is 116 Å². The Kier molecular flexibility index (Phi) is 12.5. The van der Waals surface area contributed by atoms with Crippen LogP contribution >= 0.6 is 0 Å². The van der Waals surface area contributed by atoms with Gasteiger partial charge in [-0.15, -0.1) is 0 Å². The number of rotatable bonds is 11. The fourth-order valence-corrected chi connectivity index (χ4v) is 5.39. The SMILES string of the molecule is OC[C@H]1O[C@@H](OC[C@H]2O[C@@H](OC[C@H]3O[C@@H](OC4(CO)O[C@H](CO)[C@@H](O)[C@@H]4O)[C@H](O)[C@@H](O)[C@@H]3O)[C@H](O)[C@@H](O)[C@H]2O)[C@H](O)[C@@H](O)[C@H]1O. The number of hydrogen-bond donors (Lipinski definition) is 14. The molecule has 0 bridgehead atoms. The van der Waals surface area contributed by atoms with Crippen LogP contribution in [0.25, 0.3) is 0 Å². The molecule has 19 atom stereocenters. The summed E-state index contributed by atoms with van der Waals surface area (Å²) in [4.78, 5) is 0. The van der Waals surface area contributed by atoms with Gasteiger partial charge in [0.2, 0.25) is 5.79 Å². The molecule has 4 heterocycles. The number of ether oxygens (including phenoxy) is 7. The Morgan fingerprint density at radius 3 is 1.27 bits per heavy atom. The largest absolute Gasteiger partial charge is 0.394 e. The van der Waals surface area contributed by atoms with Crippen molar-refractivity contribution in [1.82, 2.24) is 0 Å². The predicted molar refractivity (Wildman–Crippen MR) is 134 cm³/mol. The Labute approximate surface area is 254 Å². The Hall–Kier alpha value is -0.840. The van der Waals surface area contributed by atoms with Crippen LogP contribution in [-0.4, -0.2) is 221 Å². The zero-order valence-electron chi connectivity index (χ0n) is 23.5. The van der Waals surface area contributed by atoms with E-state index in [2.05, 4.69) is 0 Å². The van der Waals surface area contributed by atoms with Crippen molar-refractivity contribution in [3.63, 3.8) is 0 Å². The topological polar surface area (TPSA) is 348 Å². The van der Waals surface area contributed by atoms with Gasteiger partial charge in [-0.05, 0) is 0 Å². The van der Waals surface area contributed by atoms with Crippen LogP contribution in [-0.2, 0) is 33.2 Å². The average Bonchev–Trinajstić information content (AvgIpc) is 3.28. The zero-order chi connectivity index (χ0) is 33.4. The average molecular weight is 667 g/mol. The third kappa shape index (κ3) is 7.29. The highest BCUT2D eigenvalue weighted by Crippen LogP contribution is 2.36. The van der Waals surface area contributed by atoms with Crippen molar-refractivity contribution in [1.29, 1.82) is 0 Å². The molecule has 4 rings (SSSR count). The molecule has 4 aliphatic heterocycles. The Bertz CT molecular complexity index is 931. The summed E-state index contributed by atoms with van der Waals surface area (Å²) in [5.41, 5.74) is 0. The molecule has 0 aromatic carbocycles. The normalized spacial score (nSPS) is 52.7. The van der Waals surface area contributed by atoms with Crippen LogP contribution in [0.15, 0.2) is 0 Å². The molecule has 0 saturated carbocycles. The Balaban J connectivity index is 1.39. The molecule has 0 aromatic heterocycles. The fraction of sp³-hybridized carbons (Fsp3) is 1.00. The summed E-state index contributed by atoms with van der Waals surface area (Å²) in [5.74, 6) is -2.43. The van der Waals surface area contributed by atoms with E-state index in [1.165, 1.54) is 0 Å². The van der Waals surface area contributed by atoms with Gasteiger partial charge in [-0.2, -0.15) is 0 Å². The highest BCUT2D eigenvalue weighted by molar-refractivity contribution is 4.99. The van der Waals surface area contributed by atoms with Gasteiger partial charge in [0.15, 0.2) is 18.9 Å². The summed E-state index contributed by atoms with van der Waals surface area (Å²) in [6, 6.07) is 0. The molecule has 4 fully saturated rings. The maximum Gasteiger partial charge on any atom is 0.224 e. The van der Waals surface area contributed by atoms with E-state index in [0.29, 0.717) is 0 Å². The lowest BCUT2D eigenvalue weighted by Gasteiger charge is -2.45. The maximum absolute atomic E-state index is 10.5. The molecule has 4 aliphatic rings. The molecule has 1 unspecified atom stereocenters. The van der Waals surface area contributed by atoms with Crippen LogP contribution in [0.3, 0.4) is 0 Å². The molecule has 4 saturated heterocycles. The lowest BCUT2D eigenvalue weighted by molar-refractivity contribution is -0.388. The van der Waals surface area contributed by atoms with E-state index in [9.17, 15) is 71.5 Å². The van der Waals surface area contributed by atoms with E-state index in [1.54, 1.807) is 0 Å². The summed E-state index contributed by atoms with van der Waals surface area (Å²) < 4.78 is 37.6. The van der Waals surface area contributed by atoms with Crippen molar-refractivity contribution in [3.05, 3.63) is 0 Å². The van der Waals surface area contributed by atoms with E-state index < -0.39 is 149 Å². The molecule has 0 aliphatic carbocycles. The molecule has 45 heavy (non-hydrogen) atoms. The predicted octanol–water partition coefficient (Wildman–Crippen LogP) is -9.75. The van der Waals surface area contributed by atoms with E-state index in [1.807, 2.05) is 0 Å². The lowest BCUT2D eigenvalue weighted by atomic mass is 9.98. The quantitative estimate of drug-likeness (QED) is 0.0973. The van der Waals surface area contributed by atoms with Gasteiger partial charge < -0.3 is 105 Å². The van der Waals surface area contributed by atoms with Gasteiger partial charge in [0.05, 0.1) is 26.4 Å². The molecule has 14 N–H and O–H groups in total. The van der Waals surface area contributed by atoms with Crippen molar-refractivity contribution >= 4 is 0 Å². The van der Waals surface area contributed by atoms with Gasteiger partial charge in [-0.25, -0.2) is 0 Å². The minimum absolute atomic E-state index is 0.650. The minimum Gasteiger partial charge on any atom is -0.394 e. The summed E-state index contributed by atoms with van der Waals surface area (Å²) in [5, 5.41) is 141. The van der Waals surface area contributed by atoms with Crippen LogP contribution in [0.4, 0.5) is 0 Å². The summed E-state index contributed by atoms with van der Waals surface area (Å²) in [6.07, 6.45) is -31.4. The highest BCUT2D eigenvalue weighted by atomic mass is 16.8. The number of aliphatic hydroxyl groups is 14. The van der Waals surface area contributed by atoms with Crippen LogP contribution in [0.2, 0.25) is 0 Å². The first-order valence-electron chi connectivity index (χ1n) is 14.1. The molecule has 264 valence electrons. The summed E-state index contributed by atoms with van der Waals surface area (Å²) in [7, 11) is 0. The summed E-state index contributed by atoms with van der Waals surface area (Å²) in [6.45, 7) is -4.02. The van der Waals surface area contributed by atoms with Gasteiger partial charge in [0.1, 0.15) is 98.2 Å². The first-order valence-corrected chi connectivity index (χ1v) is 14.1. The molecule has 0 aromatic rings. The van der Waals surface area contributed by atoms with Gasteiger partial charge in [-0.1, -0.05) is 0 Å². The fourth-order valence-electron chi connectivity index (χ4n) is 5.39. The van der Waals surface area contributed by atoms with Gasteiger partial charge >= 0.3 is 0 Å². The second-order valence-corrected chi connectivity index (χ2v) is 11.3. The lowest BCUT2D eigenvalue weighted by Crippen LogP contribution is -2.64. The molecule has 0 radical (unpaired) electrons. The van der Waals surface area contributed by atoms with E-state index in [0.717, 1.165) is 0 Å². The first kappa shape index (κ1) is 37.0.